The lowest BCUT2D eigenvalue weighted by atomic mass is 10.1. The van der Waals surface area contributed by atoms with Gasteiger partial charge >= 0.3 is 5.97 Å². The van der Waals surface area contributed by atoms with Crippen LogP contribution in [0, 0.1) is 6.92 Å². The quantitative estimate of drug-likeness (QED) is 0.852. The summed E-state index contributed by atoms with van der Waals surface area (Å²) >= 11 is 1.99. The van der Waals surface area contributed by atoms with E-state index in [9.17, 15) is 4.79 Å². The minimum Gasteiger partial charge on any atom is -0.465 e. The Balaban J connectivity index is 2.18. The standard InChI is InChI=1S/C14H19NO2S/c1-9-4-5-11(14(16)17-3)8-13(9)15-12-6-7-18-10(12)2/h4-5,8,10,12,15H,6-7H2,1-3H3. The van der Waals surface area contributed by atoms with Crippen molar-refractivity contribution in [1.82, 2.24) is 0 Å². The van der Waals surface area contributed by atoms with Gasteiger partial charge in [0.15, 0.2) is 0 Å². The van der Waals surface area contributed by atoms with Gasteiger partial charge < -0.3 is 10.1 Å². The molecule has 3 nitrogen and oxygen atoms in total. The first kappa shape index (κ1) is 13.3. The second-order valence-electron chi connectivity index (χ2n) is 4.64. The molecule has 0 radical (unpaired) electrons. The first-order valence-corrected chi connectivity index (χ1v) is 7.24. The van der Waals surface area contributed by atoms with E-state index in [-0.39, 0.29) is 5.97 Å². The fraction of sp³-hybridized carbons (Fsp3) is 0.500. The number of benzene rings is 1. The van der Waals surface area contributed by atoms with Gasteiger partial charge in [0, 0.05) is 17.0 Å². The fourth-order valence-electron chi connectivity index (χ4n) is 2.14. The zero-order chi connectivity index (χ0) is 13.1. The highest BCUT2D eigenvalue weighted by Gasteiger charge is 2.24. The van der Waals surface area contributed by atoms with E-state index in [0.717, 1.165) is 11.3 Å². The highest BCUT2D eigenvalue weighted by atomic mass is 32.2. The van der Waals surface area contributed by atoms with Crippen molar-refractivity contribution in [3.8, 4) is 0 Å². The molecule has 4 heteroatoms. The van der Waals surface area contributed by atoms with Crippen LogP contribution in [0.15, 0.2) is 18.2 Å². The van der Waals surface area contributed by atoms with Crippen LogP contribution < -0.4 is 5.32 Å². The number of carbonyl (C=O) groups excluding carboxylic acids is 1. The van der Waals surface area contributed by atoms with Gasteiger partial charge in [0.25, 0.3) is 0 Å². The van der Waals surface area contributed by atoms with Gasteiger partial charge in [-0.15, -0.1) is 0 Å². The Morgan fingerprint density at radius 2 is 2.28 bits per heavy atom. The molecule has 1 fully saturated rings. The summed E-state index contributed by atoms with van der Waals surface area (Å²) in [4.78, 5) is 11.5. The Hall–Kier alpha value is -1.16. The zero-order valence-corrected chi connectivity index (χ0v) is 11.8. The van der Waals surface area contributed by atoms with Crippen LogP contribution in [-0.2, 0) is 4.74 Å². The third kappa shape index (κ3) is 2.80. The molecule has 0 aliphatic carbocycles. The summed E-state index contributed by atoms with van der Waals surface area (Å²) in [6.45, 7) is 4.30. The van der Waals surface area contributed by atoms with Crippen LogP contribution in [0.3, 0.4) is 0 Å². The van der Waals surface area contributed by atoms with Gasteiger partial charge in [-0.2, -0.15) is 11.8 Å². The molecule has 2 atom stereocenters. The Morgan fingerprint density at radius 1 is 1.50 bits per heavy atom. The molecule has 1 aromatic carbocycles. The van der Waals surface area contributed by atoms with E-state index in [0.29, 0.717) is 16.9 Å². The minimum absolute atomic E-state index is 0.285. The van der Waals surface area contributed by atoms with E-state index < -0.39 is 0 Å². The lowest BCUT2D eigenvalue weighted by Gasteiger charge is -2.20. The number of methoxy groups -OCH3 is 1. The lowest BCUT2D eigenvalue weighted by Crippen LogP contribution is -2.25. The van der Waals surface area contributed by atoms with E-state index in [2.05, 4.69) is 19.2 Å². The zero-order valence-electron chi connectivity index (χ0n) is 11.0. The van der Waals surface area contributed by atoms with Gasteiger partial charge in [0.1, 0.15) is 0 Å². The average molecular weight is 265 g/mol. The van der Waals surface area contributed by atoms with Crippen LogP contribution in [0.25, 0.3) is 0 Å². The van der Waals surface area contributed by atoms with E-state index in [1.807, 2.05) is 23.9 Å². The van der Waals surface area contributed by atoms with E-state index in [4.69, 9.17) is 4.74 Å². The number of nitrogens with one attached hydrogen (secondary N) is 1. The van der Waals surface area contributed by atoms with Gasteiger partial charge in [0.2, 0.25) is 0 Å². The maximum atomic E-state index is 11.5. The summed E-state index contributed by atoms with van der Waals surface area (Å²) in [5, 5.41) is 4.17. The topological polar surface area (TPSA) is 38.3 Å². The molecule has 1 saturated heterocycles. The molecule has 98 valence electrons. The maximum Gasteiger partial charge on any atom is 0.337 e. The van der Waals surface area contributed by atoms with Crippen LogP contribution >= 0.6 is 11.8 Å². The summed E-state index contributed by atoms with van der Waals surface area (Å²) < 4.78 is 4.75. The molecule has 18 heavy (non-hydrogen) atoms. The molecule has 1 aromatic rings. The molecule has 0 amide bonds. The highest BCUT2D eigenvalue weighted by Crippen LogP contribution is 2.30. The summed E-state index contributed by atoms with van der Waals surface area (Å²) in [6, 6.07) is 6.14. The van der Waals surface area contributed by atoms with E-state index in [1.165, 1.54) is 19.3 Å². The van der Waals surface area contributed by atoms with Crippen LogP contribution in [0.2, 0.25) is 0 Å². The van der Waals surface area contributed by atoms with Crippen LogP contribution in [0.5, 0.6) is 0 Å². The second kappa shape index (κ2) is 5.65. The first-order valence-electron chi connectivity index (χ1n) is 6.19. The number of aryl methyl sites for hydroxylation is 1. The van der Waals surface area contributed by atoms with Crippen molar-refractivity contribution in [2.24, 2.45) is 0 Å². The van der Waals surface area contributed by atoms with Gasteiger partial charge in [-0.1, -0.05) is 13.0 Å². The largest absolute Gasteiger partial charge is 0.465 e. The number of rotatable bonds is 3. The predicted octanol–water partition coefficient (Wildman–Crippen LogP) is 3.09. The maximum absolute atomic E-state index is 11.5. The Morgan fingerprint density at radius 3 is 2.89 bits per heavy atom. The van der Waals surface area contributed by atoms with Crippen molar-refractivity contribution in [3.63, 3.8) is 0 Å². The Labute approximate surface area is 112 Å². The first-order chi connectivity index (χ1) is 8.61. The van der Waals surface area contributed by atoms with Gasteiger partial charge in [-0.25, -0.2) is 4.79 Å². The molecule has 2 rings (SSSR count). The average Bonchev–Trinajstić information content (AvgIpc) is 2.77. The number of anilines is 1. The van der Waals surface area contributed by atoms with Crippen molar-refractivity contribution in [2.45, 2.75) is 31.6 Å². The SMILES string of the molecule is COC(=O)c1ccc(C)c(NC2CCSC2C)c1. The minimum atomic E-state index is -0.285. The molecular formula is C14H19NO2S. The molecule has 1 aliphatic heterocycles. The van der Waals surface area contributed by atoms with E-state index >= 15 is 0 Å². The van der Waals surface area contributed by atoms with Gasteiger partial charge in [-0.05, 0) is 36.8 Å². The van der Waals surface area contributed by atoms with Crippen molar-refractivity contribution in [3.05, 3.63) is 29.3 Å². The molecule has 1 N–H and O–H groups in total. The van der Waals surface area contributed by atoms with Gasteiger partial charge in [-0.3, -0.25) is 0 Å². The number of thioether (sulfide) groups is 1. The number of carbonyl (C=O) groups is 1. The van der Waals surface area contributed by atoms with Gasteiger partial charge in [0.05, 0.1) is 12.7 Å². The van der Waals surface area contributed by atoms with E-state index in [1.54, 1.807) is 6.07 Å². The lowest BCUT2D eigenvalue weighted by molar-refractivity contribution is 0.0601. The molecule has 0 aromatic heterocycles. The number of hydrogen-bond donors (Lipinski definition) is 1. The van der Waals surface area contributed by atoms with Crippen molar-refractivity contribution < 1.29 is 9.53 Å². The van der Waals surface area contributed by atoms with Crippen molar-refractivity contribution in [1.29, 1.82) is 0 Å². The fourth-order valence-corrected chi connectivity index (χ4v) is 3.34. The highest BCUT2D eigenvalue weighted by molar-refractivity contribution is 8.00. The number of hydrogen-bond acceptors (Lipinski definition) is 4. The normalized spacial score (nSPS) is 22.8. The molecule has 1 heterocycles. The van der Waals surface area contributed by atoms with Crippen molar-refractivity contribution in [2.75, 3.05) is 18.2 Å². The molecule has 1 aliphatic rings. The number of esters is 1. The van der Waals surface area contributed by atoms with Crippen LogP contribution in [0.1, 0.15) is 29.3 Å². The second-order valence-corrected chi connectivity index (χ2v) is 6.12. The summed E-state index contributed by atoms with van der Waals surface area (Å²) in [7, 11) is 1.41. The Kier molecular flexibility index (Phi) is 4.17. The third-order valence-electron chi connectivity index (χ3n) is 3.38. The Bertz CT molecular complexity index is 447. The molecular weight excluding hydrogens is 246 g/mol. The monoisotopic (exact) mass is 265 g/mol. The smallest absolute Gasteiger partial charge is 0.337 e. The summed E-state index contributed by atoms with van der Waals surface area (Å²) in [6.07, 6.45) is 1.17. The molecule has 0 saturated carbocycles. The summed E-state index contributed by atoms with van der Waals surface area (Å²) in [5.41, 5.74) is 2.80. The molecule has 2 unspecified atom stereocenters. The molecule has 0 bridgehead atoms. The third-order valence-corrected chi connectivity index (χ3v) is 4.70. The number of ether oxygens (including phenoxy) is 1. The molecule has 0 spiro atoms. The van der Waals surface area contributed by atoms with Crippen LogP contribution in [-0.4, -0.2) is 30.1 Å². The predicted molar refractivity (Wildman–Crippen MR) is 76.5 cm³/mol. The van der Waals surface area contributed by atoms with Crippen molar-refractivity contribution >= 4 is 23.4 Å². The van der Waals surface area contributed by atoms with Crippen LogP contribution in [0.4, 0.5) is 5.69 Å². The summed E-state index contributed by atoms with van der Waals surface area (Å²) in [5.74, 6) is 0.918.